The molecule has 0 aliphatic heterocycles. The minimum absolute atomic E-state index is 0.0853. The smallest absolute Gasteiger partial charge is 0.154 e. The van der Waals surface area contributed by atoms with Crippen molar-refractivity contribution in [1.82, 2.24) is 0 Å². The Morgan fingerprint density at radius 3 is 2.19 bits per heavy atom. The number of hydrogen-bond acceptors (Lipinski definition) is 4. The molecule has 0 heterocycles. The molecule has 3 N–H and O–H groups in total. The maximum Gasteiger partial charge on any atom is 0.154 e. The minimum atomic E-state index is -0.726. The quantitative estimate of drug-likeness (QED) is 0.267. The van der Waals surface area contributed by atoms with Crippen LogP contribution in [0.15, 0.2) is 34.3 Å². The van der Waals surface area contributed by atoms with Gasteiger partial charge in [-0.2, -0.15) is 0 Å². The molecule has 0 unspecified atom stereocenters. The number of hydrogen-bond donors (Lipinski definition) is 3. The van der Waals surface area contributed by atoms with Crippen molar-refractivity contribution in [3.05, 3.63) is 68.8 Å². The van der Waals surface area contributed by atoms with Crippen LogP contribution in [0.3, 0.4) is 0 Å². The maximum absolute atomic E-state index is 15.9. The highest BCUT2D eigenvalue weighted by molar-refractivity contribution is 7.84. The van der Waals surface area contributed by atoms with Gasteiger partial charge in [-0.05, 0) is 74.9 Å². The average molecular weight is 445 g/mol. The number of benzene rings is 2. The molecule has 2 aromatic carbocycles. The Morgan fingerprint density at radius 1 is 1.10 bits per heavy atom. The number of aliphatic hydroxyl groups is 1. The maximum atomic E-state index is 15.9. The number of aryl methyl sites for hydroxylation is 1. The third kappa shape index (κ3) is 4.60. The van der Waals surface area contributed by atoms with Crippen LogP contribution in [0.2, 0.25) is 0 Å². The Bertz CT molecular complexity index is 1110. The molecule has 3 nitrogen and oxygen atoms in total. The number of allylic oxidation sites excluding steroid dienone is 2. The van der Waals surface area contributed by atoms with Crippen LogP contribution >= 0.6 is 12.6 Å². The number of aliphatic hydroxyl groups excluding tert-OH is 1. The SMILES string of the molecule is C=C(S)/N=C(/C)c1c(N)c(F)c(-c2c(F)ccc(C)c2C(C)=C(C)C)c(CC)c1CO. The van der Waals surface area contributed by atoms with Crippen molar-refractivity contribution in [2.75, 3.05) is 5.73 Å². The molecule has 0 spiro atoms. The van der Waals surface area contributed by atoms with Crippen LogP contribution in [-0.2, 0) is 13.0 Å². The van der Waals surface area contributed by atoms with Gasteiger partial charge in [0.1, 0.15) is 5.82 Å². The fraction of sp³-hybridized carbons (Fsp3) is 0.320. The lowest BCUT2D eigenvalue weighted by Gasteiger charge is -2.24. The normalized spacial score (nSPS) is 11.6. The van der Waals surface area contributed by atoms with Gasteiger partial charge in [-0.3, -0.25) is 0 Å². The molecule has 0 fully saturated rings. The number of aliphatic imine (C=N–C) groups is 1. The number of anilines is 1. The molecule has 2 rings (SSSR count). The summed E-state index contributed by atoms with van der Waals surface area (Å²) in [5.41, 5.74) is 11.2. The minimum Gasteiger partial charge on any atom is -0.396 e. The van der Waals surface area contributed by atoms with E-state index in [9.17, 15) is 5.11 Å². The summed E-state index contributed by atoms with van der Waals surface area (Å²) >= 11 is 4.08. The molecule has 0 atom stereocenters. The molecular formula is C25H30F2N2OS. The first kappa shape index (κ1) is 24.8. The number of nitrogen functional groups attached to an aromatic ring is 1. The summed E-state index contributed by atoms with van der Waals surface area (Å²) in [6, 6.07) is 3.02. The zero-order valence-corrected chi connectivity index (χ0v) is 19.8. The van der Waals surface area contributed by atoms with E-state index < -0.39 is 18.2 Å². The number of thiol groups is 1. The fourth-order valence-corrected chi connectivity index (χ4v) is 4.14. The summed E-state index contributed by atoms with van der Waals surface area (Å²) in [6.07, 6.45) is 0.366. The topological polar surface area (TPSA) is 58.6 Å². The average Bonchev–Trinajstić information content (AvgIpc) is 2.69. The molecule has 0 saturated carbocycles. The second kappa shape index (κ2) is 9.79. The molecule has 6 heteroatoms. The van der Waals surface area contributed by atoms with E-state index in [0.29, 0.717) is 34.4 Å². The standard InChI is InChI=1S/C25H30F2N2OS/c1-8-17-18(11-30)21(15(6)29-16(7)31)25(28)24(27)22(17)23-19(26)10-9-13(4)20(23)14(5)12(2)3/h9-10,30-31H,7-8,11,28H2,1-6H3/b29-15-. The molecule has 0 bridgehead atoms. The number of nitrogens with zero attached hydrogens (tertiary/aromatic N) is 1. The Labute approximate surface area is 188 Å². The number of halogens is 2. The molecular weight excluding hydrogens is 414 g/mol. The lowest BCUT2D eigenvalue weighted by atomic mass is 9.82. The molecule has 0 aliphatic carbocycles. The summed E-state index contributed by atoms with van der Waals surface area (Å²) in [4.78, 5) is 4.18. The van der Waals surface area contributed by atoms with Gasteiger partial charge in [0, 0.05) is 22.4 Å². The molecule has 166 valence electrons. The van der Waals surface area contributed by atoms with Crippen LogP contribution < -0.4 is 5.73 Å². The molecule has 2 aromatic rings. The third-order valence-corrected chi connectivity index (χ3v) is 5.70. The third-order valence-electron chi connectivity index (χ3n) is 5.60. The first-order chi connectivity index (χ1) is 14.5. The van der Waals surface area contributed by atoms with Crippen molar-refractivity contribution in [3.8, 4) is 11.1 Å². The zero-order chi connectivity index (χ0) is 23.6. The van der Waals surface area contributed by atoms with E-state index in [1.807, 2.05) is 34.6 Å². The van der Waals surface area contributed by atoms with Crippen molar-refractivity contribution < 1.29 is 13.9 Å². The fourth-order valence-electron chi connectivity index (χ4n) is 3.99. The van der Waals surface area contributed by atoms with Gasteiger partial charge in [-0.25, -0.2) is 13.8 Å². The van der Waals surface area contributed by atoms with E-state index in [4.69, 9.17) is 5.73 Å². The largest absolute Gasteiger partial charge is 0.396 e. The van der Waals surface area contributed by atoms with Crippen LogP contribution in [0.4, 0.5) is 14.5 Å². The van der Waals surface area contributed by atoms with Gasteiger partial charge in [0.05, 0.1) is 17.3 Å². The van der Waals surface area contributed by atoms with Crippen LogP contribution in [0.25, 0.3) is 16.7 Å². The predicted octanol–water partition coefficient (Wildman–Crippen LogP) is 6.60. The van der Waals surface area contributed by atoms with Crippen molar-refractivity contribution in [2.45, 2.75) is 54.6 Å². The van der Waals surface area contributed by atoms with Crippen molar-refractivity contribution >= 4 is 29.6 Å². The van der Waals surface area contributed by atoms with Crippen LogP contribution in [0.5, 0.6) is 0 Å². The molecule has 0 saturated heterocycles. The van der Waals surface area contributed by atoms with Gasteiger partial charge in [0.15, 0.2) is 5.82 Å². The summed E-state index contributed by atoms with van der Waals surface area (Å²) in [6.45, 7) is 14.3. The van der Waals surface area contributed by atoms with Crippen molar-refractivity contribution in [2.24, 2.45) is 4.99 Å². The highest BCUT2D eigenvalue weighted by Crippen LogP contribution is 2.42. The van der Waals surface area contributed by atoms with E-state index in [2.05, 4.69) is 24.2 Å². The first-order valence-electron chi connectivity index (χ1n) is 10.1. The second-order valence-electron chi connectivity index (χ2n) is 7.80. The van der Waals surface area contributed by atoms with Crippen molar-refractivity contribution in [1.29, 1.82) is 0 Å². The van der Waals surface area contributed by atoms with Gasteiger partial charge in [-0.15, -0.1) is 12.6 Å². The Hall–Kier alpha value is -2.44. The lowest BCUT2D eigenvalue weighted by molar-refractivity contribution is 0.280. The molecule has 0 aliphatic rings. The highest BCUT2D eigenvalue weighted by Gasteiger charge is 2.28. The van der Waals surface area contributed by atoms with E-state index in [1.54, 1.807) is 13.0 Å². The Kier molecular flexibility index (Phi) is 7.84. The van der Waals surface area contributed by atoms with Crippen molar-refractivity contribution in [3.63, 3.8) is 0 Å². The van der Waals surface area contributed by atoms with E-state index >= 15 is 8.78 Å². The lowest BCUT2D eigenvalue weighted by Crippen LogP contribution is -2.14. The van der Waals surface area contributed by atoms with Gasteiger partial charge in [-0.1, -0.05) is 25.1 Å². The zero-order valence-electron chi connectivity index (χ0n) is 19.0. The second-order valence-corrected chi connectivity index (χ2v) is 8.32. The van der Waals surface area contributed by atoms with Gasteiger partial charge in [0.2, 0.25) is 0 Å². The Morgan fingerprint density at radius 2 is 1.71 bits per heavy atom. The summed E-state index contributed by atoms with van der Waals surface area (Å²) in [5.74, 6) is -1.27. The number of nitrogens with two attached hydrogens (primary N) is 1. The van der Waals surface area contributed by atoms with E-state index in [0.717, 1.165) is 16.7 Å². The van der Waals surface area contributed by atoms with Crippen LogP contribution in [0, 0.1) is 18.6 Å². The van der Waals surface area contributed by atoms with E-state index in [1.165, 1.54) is 6.07 Å². The molecule has 0 amide bonds. The predicted molar refractivity (Wildman–Crippen MR) is 131 cm³/mol. The van der Waals surface area contributed by atoms with E-state index in [-0.39, 0.29) is 21.8 Å². The first-order valence-corrected chi connectivity index (χ1v) is 10.5. The van der Waals surface area contributed by atoms with Gasteiger partial charge in [0.25, 0.3) is 0 Å². The van der Waals surface area contributed by atoms with Crippen LogP contribution in [-0.4, -0.2) is 10.8 Å². The summed E-state index contributed by atoms with van der Waals surface area (Å²) < 4.78 is 31.2. The Balaban J connectivity index is 3.14. The summed E-state index contributed by atoms with van der Waals surface area (Å²) in [5, 5.41) is 10.4. The monoisotopic (exact) mass is 444 g/mol. The highest BCUT2D eigenvalue weighted by atomic mass is 32.1. The van der Waals surface area contributed by atoms with Crippen LogP contribution in [0.1, 0.15) is 62.4 Å². The summed E-state index contributed by atoms with van der Waals surface area (Å²) in [7, 11) is 0. The van der Waals surface area contributed by atoms with Gasteiger partial charge < -0.3 is 10.8 Å². The van der Waals surface area contributed by atoms with Gasteiger partial charge >= 0.3 is 0 Å². The molecule has 31 heavy (non-hydrogen) atoms. The molecule has 0 radical (unpaired) electrons. The molecule has 0 aromatic heterocycles. The number of rotatable bonds is 6.